The number of aromatic nitrogens is 3. The van der Waals surface area contributed by atoms with Crippen molar-refractivity contribution in [1.82, 2.24) is 14.5 Å². The lowest BCUT2D eigenvalue weighted by Gasteiger charge is -2.27. The van der Waals surface area contributed by atoms with Crippen molar-refractivity contribution in [2.45, 2.75) is 118 Å². The molecule has 0 spiro atoms. The van der Waals surface area contributed by atoms with Gasteiger partial charge in [-0.05, 0) is 151 Å². The van der Waals surface area contributed by atoms with Crippen LogP contribution in [-0.2, 0) is 21.7 Å². The van der Waals surface area contributed by atoms with Crippen molar-refractivity contribution in [3.63, 3.8) is 0 Å². The number of nitrogens with zero attached hydrogens (tertiary/aromatic N) is 3. The highest BCUT2D eigenvalue weighted by Crippen LogP contribution is 2.46. The molecule has 0 aliphatic heterocycles. The Labute approximate surface area is 425 Å². The number of hydrogen-bond acceptors (Lipinski definition) is 3. The lowest BCUT2D eigenvalue weighted by molar-refractivity contribution is 0.446. The predicted octanol–water partition coefficient (Wildman–Crippen LogP) is 17.9. The number of aromatic hydroxyl groups is 1. The van der Waals surface area contributed by atoms with E-state index in [0.29, 0.717) is 28.1 Å². The number of phenolic OH excluding ortho intramolecular Hbond substituents is 1. The van der Waals surface area contributed by atoms with Crippen LogP contribution in [0.4, 0.5) is 0 Å². The molecule has 2 aromatic heterocycles. The van der Waals surface area contributed by atoms with Gasteiger partial charge in [0, 0.05) is 31.1 Å². The Morgan fingerprint density at radius 3 is 1.70 bits per heavy atom. The third-order valence-corrected chi connectivity index (χ3v) is 13.6. The SMILES string of the molecule is [2H]C([2H])([2H])c1ccc(-c2ccnc(-c3cc(-c4ccccc4)cc(-c4cccc5c4nc(-c4cc(C(C)(C)C)cc(C(C)(C)C)c4O)n5-c4ccc(-c5cc(C(C)(C)C)cc(C(C)(C)C)c5)cc4C([2H])([2H])[2H])c3)c2)cc1. The molecule has 0 fully saturated rings. The van der Waals surface area contributed by atoms with Crippen LogP contribution < -0.4 is 0 Å². The summed E-state index contributed by atoms with van der Waals surface area (Å²) >= 11 is 0. The number of pyridine rings is 1. The van der Waals surface area contributed by atoms with E-state index in [-0.39, 0.29) is 33.1 Å². The van der Waals surface area contributed by atoms with Gasteiger partial charge in [0.05, 0.1) is 28.0 Å². The first-order chi connectivity index (χ1) is 35.4. The zero-order valence-electron chi connectivity index (χ0n) is 48.8. The largest absolute Gasteiger partial charge is 0.507 e. The molecule has 1 N–H and O–H groups in total. The van der Waals surface area contributed by atoms with E-state index in [1.165, 1.54) is 11.1 Å². The molecule has 0 unspecified atom stereocenters. The van der Waals surface area contributed by atoms with Gasteiger partial charge < -0.3 is 5.11 Å². The molecule has 0 radical (unpaired) electrons. The molecule has 0 saturated carbocycles. The number of aryl methyl sites for hydroxylation is 2. The second-order valence-electron chi connectivity index (χ2n) is 23.1. The Hall–Kier alpha value is -7.04. The van der Waals surface area contributed by atoms with E-state index < -0.39 is 19.1 Å². The number of rotatable bonds is 7. The van der Waals surface area contributed by atoms with Gasteiger partial charge in [-0.3, -0.25) is 9.55 Å². The van der Waals surface area contributed by atoms with Gasteiger partial charge in [-0.25, -0.2) is 4.98 Å². The molecule has 4 heteroatoms. The van der Waals surface area contributed by atoms with E-state index in [4.69, 9.17) is 14.1 Å². The maximum atomic E-state index is 12.6. The standard InChI is InChI=1S/C66H69N3O/c1-41-23-25-44(26-24-41)46-29-30-67-57(37-46)50-33-47(43-19-16-15-17-20-43)32-49(34-50)54-21-18-22-59-60(54)68-62(55-39-53(65(9,10)11)40-56(61(55)70)66(12,13)14)69(59)58-28-27-45(31-42(58)2)48-35-51(63(3,4)5)38-52(36-48)64(6,7)8/h15-40,70H,1-14H3/i1D3,2D3. The fraction of sp³-hybridized carbons (Fsp3) is 0.273. The number of phenols is 1. The minimum Gasteiger partial charge on any atom is -0.507 e. The van der Waals surface area contributed by atoms with Crippen molar-refractivity contribution in [2.75, 3.05) is 0 Å². The molecule has 0 aliphatic carbocycles. The third-order valence-electron chi connectivity index (χ3n) is 13.6. The molecule has 0 bridgehead atoms. The molecule has 70 heavy (non-hydrogen) atoms. The van der Waals surface area contributed by atoms with Crippen molar-refractivity contribution in [2.24, 2.45) is 0 Å². The van der Waals surface area contributed by atoms with Crippen LogP contribution in [0, 0.1) is 13.7 Å². The van der Waals surface area contributed by atoms with Gasteiger partial charge in [-0.1, -0.05) is 186 Å². The number of para-hydroxylation sites is 1. The highest BCUT2D eigenvalue weighted by Gasteiger charge is 2.29. The van der Waals surface area contributed by atoms with Crippen LogP contribution in [0.1, 0.15) is 125 Å². The van der Waals surface area contributed by atoms with Crippen molar-refractivity contribution in [3.05, 3.63) is 191 Å². The van der Waals surface area contributed by atoms with Crippen LogP contribution in [0.3, 0.4) is 0 Å². The van der Waals surface area contributed by atoms with E-state index in [9.17, 15) is 9.22 Å². The summed E-state index contributed by atoms with van der Waals surface area (Å²) in [7, 11) is 0. The van der Waals surface area contributed by atoms with Crippen molar-refractivity contribution >= 4 is 11.0 Å². The summed E-state index contributed by atoms with van der Waals surface area (Å²) in [6.45, 7) is 21.1. The topological polar surface area (TPSA) is 50.9 Å². The maximum Gasteiger partial charge on any atom is 0.149 e. The number of benzene rings is 7. The van der Waals surface area contributed by atoms with E-state index in [1.807, 2.05) is 89.5 Å². The predicted molar refractivity (Wildman–Crippen MR) is 297 cm³/mol. The zero-order chi connectivity index (χ0) is 55.1. The van der Waals surface area contributed by atoms with Crippen LogP contribution in [0.15, 0.2) is 158 Å². The summed E-state index contributed by atoms with van der Waals surface area (Å²) in [6, 6.07) is 50.0. The van der Waals surface area contributed by atoms with Crippen molar-refractivity contribution < 1.29 is 13.3 Å². The molecule has 4 nitrogen and oxygen atoms in total. The van der Waals surface area contributed by atoms with Gasteiger partial charge in [0.25, 0.3) is 0 Å². The van der Waals surface area contributed by atoms with Crippen LogP contribution in [0.5, 0.6) is 5.75 Å². The quantitative estimate of drug-likeness (QED) is 0.173. The fourth-order valence-electron chi connectivity index (χ4n) is 9.30. The minimum absolute atomic E-state index is 0.0896. The molecule has 0 amide bonds. The molecule has 354 valence electrons. The van der Waals surface area contributed by atoms with Gasteiger partial charge in [0.15, 0.2) is 0 Å². The fourth-order valence-corrected chi connectivity index (χ4v) is 9.30. The van der Waals surface area contributed by atoms with Crippen LogP contribution in [-0.4, -0.2) is 19.6 Å². The Bertz CT molecular complexity index is 3620. The second-order valence-corrected chi connectivity index (χ2v) is 23.1. The minimum atomic E-state index is -2.56. The van der Waals surface area contributed by atoms with E-state index in [1.54, 1.807) is 18.3 Å². The van der Waals surface area contributed by atoms with Gasteiger partial charge in [0.2, 0.25) is 0 Å². The molecule has 9 rings (SSSR count). The van der Waals surface area contributed by atoms with Gasteiger partial charge >= 0.3 is 0 Å². The van der Waals surface area contributed by atoms with E-state index in [2.05, 4.69) is 138 Å². The molecular formula is C66H69N3O. The van der Waals surface area contributed by atoms with Crippen molar-refractivity contribution in [3.8, 4) is 78.6 Å². The smallest absolute Gasteiger partial charge is 0.149 e. The highest BCUT2D eigenvalue weighted by molar-refractivity contribution is 5.98. The lowest BCUT2D eigenvalue weighted by atomic mass is 9.78. The van der Waals surface area contributed by atoms with Gasteiger partial charge in [0.1, 0.15) is 11.6 Å². The monoisotopic (exact) mass is 926 g/mol. The van der Waals surface area contributed by atoms with E-state index in [0.717, 1.165) is 66.9 Å². The van der Waals surface area contributed by atoms with Crippen LogP contribution >= 0.6 is 0 Å². The zero-order valence-corrected chi connectivity index (χ0v) is 42.8. The average Bonchev–Trinajstić information content (AvgIpc) is 3.74. The highest BCUT2D eigenvalue weighted by atomic mass is 16.3. The summed E-state index contributed by atoms with van der Waals surface area (Å²) in [5.74, 6) is 0.504. The van der Waals surface area contributed by atoms with Crippen LogP contribution in [0.2, 0.25) is 0 Å². The maximum absolute atomic E-state index is 12.6. The Kier molecular flexibility index (Phi) is 10.3. The summed E-state index contributed by atoms with van der Waals surface area (Å²) in [6.07, 6.45) is 1.77. The molecular weight excluding hydrogens is 851 g/mol. The summed E-state index contributed by atoms with van der Waals surface area (Å²) < 4.78 is 53.3. The normalized spacial score (nSPS) is 14.1. The summed E-state index contributed by atoms with van der Waals surface area (Å²) in [5, 5.41) is 12.6. The molecule has 9 aromatic rings. The molecule has 2 heterocycles. The lowest BCUT2D eigenvalue weighted by Crippen LogP contribution is -2.17. The molecule has 7 aromatic carbocycles. The second kappa shape index (κ2) is 17.7. The number of imidazole rings is 1. The number of hydrogen-bond donors (Lipinski definition) is 1. The molecule has 0 atom stereocenters. The third kappa shape index (κ3) is 9.49. The average molecular weight is 926 g/mol. The first-order valence-electron chi connectivity index (χ1n) is 27.4. The molecule has 0 saturated heterocycles. The summed E-state index contributed by atoms with van der Waals surface area (Å²) in [4.78, 5) is 10.5. The van der Waals surface area contributed by atoms with Crippen molar-refractivity contribution in [1.29, 1.82) is 0 Å². The Morgan fingerprint density at radius 1 is 0.457 bits per heavy atom. The Morgan fingerprint density at radius 2 is 1.06 bits per heavy atom. The first kappa shape index (κ1) is 40.8. The van der Waals surface area contributed by atoms with Gasteiger partial charge in [-0.15, -0.1) is 0 Å². The van der Waals surface area contributed by atoms with Crippen LogP contribution in [0.25, 0.3) is 83.9 Å². The molecule has 0 aliphatic rings. The summed E-state index contributed by atoms with van der Waals surface area (Å²) in [5.41, 5.74) is 14.4. The Balaban J connectivity index is 1.33. The first-order valence-corrected chi connectivity index (χ1v) is 24.4. The van der Waals surface area contributed by atoms with Gasteiger partial charge in [-0.2, -0.15) is 0 Å². The van der Waals surface area contributed by atoms with E-state index >= 15 is 0 Å². The number of fused-ring (bicyclic) bond motifs is 1.